The Morgan fingerprint density at radius 1 is 1.19 bits per heavy atom. The van der Waals surface area contributed by atoms with Gasteiger partial charge in [-0.3, -0.25) is 19.5 Å². The van der Waals surface area contributed by atoms with E-state index >= 15 is 0 Å². The summed E-state index contributed by atoms with van der Waals surface area (Å²) in [5.74, 6) is -0.465. The van der Waals surface area contributed by atoms with Gasteiger partial charge in [-0.2, -0.15) is 0 Å². The largest absolute Gasteiger partial charge is 0.325 e. The molecule has 1 saturated heterocycles. The number of urea groups is 1. The normalized spacial score (nSPS) is 17.7. The van der Waals surface area contributed by atoms with Gasteiger partial charge in [-0.15, -0.1) is 0 Å². The van der Waals surface area contributed by atoms with Crippen molar-refractivity contribution in [3.63, 3.8) is 0 Å². The minimum absolute atomic E-state index is 0.167. The Morgan fingerprint density at radius 2 is 1.97 bits per heavy atom. The van der Waals surface area contributed by atoms with Gasteiger partial charge in [0.15, 0.2) is 5.16 Å². The zero-order valence-electron chi connectivity index (χ0n) is 17.9. The smallest absolute Gasteiger partial charge is 0.322 e. The van der Waals surface area contributed by atoms with Crippen LogP contribution in [0.2, 0.25) is 0 Å². The molecule has 0 radical (unpaired) electrons. The zero-order valence-corrected chi connectivity index (χ0v) is 18.7. The van der Waals surface area contributed by atoms with Gasteiger partial charge in [0.1, 0.15) is 5.54 Å². The van der Waals surface area contributed by atoms with Crippen molar-refractivity contribution in [3.8, 4) is 5.69 Å². The van der Waals surface area contributed by atoms with E-state index < -0.39 is 17.5 Å². The molecule has 1 unspecified atom stereocenters. The summed E-state index contributed by atoms with van der Waals surface area (Å²) >= 11 is 1.34. The topological polar surface area (TPSA) is 105 Å². The monoisotopic (exact) mass is 449 g/mol. The van der Waals surface area contributed by atoms with Crippen molar-refractivity contribution in [3.05, 3.63) is 71.5 Å². The fourth-order valence-electron chi connectivity index (χ4n) is 3.56. The number of carbonyl (C=O) groups is 3. The predicted molar refractivity (Wildman–Crippen MR) is 123 cm³/mol. The molecule has 0 saturated carbocycles. The highest BCUT2D eigenvalue weighted by Crippen LogP contribution is 2.27. The number of aromatic nitrogens is 2. The van der Waals surface area contributed by atoms with E-state index in [9.17, 15) is 14.4 Å². The van der Waals surface area contributed by atoms with Gasteiger partial charge in [-0.25, -0.2) is 9.78 Å². The van der Waals surface area contributed by atoms with Gasteiger partial charge in [0, 0.05) is 18.1 Å². The minimum Gasteiger partial charge on any atom is -0.325 e. The molecule has 1 atom stereocenters. The first-order valence-electron chi connectivity index (χ1n) is 10.0. The van der Waals surface area contributed by atoms with Gasteiger partial charge in [-0.1, -0.05) is 36.0 Å². The number of aryl methyl sites for hydroxylation is 1. The van der Waals surface area contributed by atoms with Crippen LogP contribution in [0.25, 0.3) is 5.69 Å². The molecule has 9 heteroatoms. The summed E-state index contributed by atoms with van der Waals surface area (Å²) in [5, 5.41) is 8.44. The molecule has 1 aliphatic heterocycles. The third kappa shape index (κ3) is 4.11. The summed E-state index contributed by atoms with van der Waals surface area (Å²) in [7, 11) is 0. The van der Waals surface area contributed by atoms with Crippen molar-refractivity contribution in [1.29, 1.82) is 0 Å². The van der Waals surface area contributed by atoms with Crippen molar-refractivity contribution in [2.45, 2.75) is 31.5 Å². The summed E-state index contributed by atoms with van der Waals surface area (Å²) in [6, 6.07) is 12.4. The SMILES string of the molecule is Cc1cccc(-n2ccnc2SCC(=O)Nc2cccc(C3(C)NC(=O)NC3=O)c2)c1C. The molecule has 1 aliphatic rings. The third-order valence-electron chi connectivity index (χ3n) is 5.54. The summed E-state index contributed by atoms with van der Waals surface area (Å²) in [4.78, 5) is 40.7. The molecule has 0 bridgehead atoms. The molecule has 4 amide bonds. The molecule has 0 spiro atoms. The first-order valence-corrected chi connectivity index (χ1v) is 11.0. The van der Waals surface area contributed by atoms with Crippen LogP contribution in [-0.2, 0) is 15.1 Å². The zero-order chi connectivity index (χ0) is 22.9. The van der Waals surface area contributed by atoms with Crippen molar-refractivity contribution in [2.75, 3.05) is 11.1 Å². The lowest BCUT2D eigenvalue weighted by Crippen LogP contribution is -2.40. The number of hydrogen-bond donors (Lipinski definition) is 3. The number of carbonyl (C=O) groups excluding carboxylic acids is 3. The van der Waals surface area contributed by atoms with E-state index in [0.29, 0.717) is 11.3 Å². The molecule has 1 fully saturated rings. The molecule has 2 heterocycles. The molecule has 4 rings (SSSR count). The highest BCUT2D eigenvalue weighted by Gasteiger charge is 2.43. The lowest BCUT2D eigenvalue weighted by Gasteiger charge is -2.21. The summed E-state index contributed by atoms with van der Waals surface area (Å²) in [5.41, 5.74) is 3.32. The Hall–Kier alpha value is -3.59. The van der Waals surface area contributed by atoms with Crippen LogP contribution in [-0.4, -0.2) is 33.1 Å². The fourth-order valence-corrected chi connectivity index (χ4v) is 4.32. The molecule has 8 nitrogen and oxygen atoms in total. The van der Waals surface area contributed by atoms with Gasteiger partial charge < -0.3 is 10.6 Å². The third-order valence-corrected chi connectivity index (χ3v) is 6.51. The fraction of sp³-hybridized carbons (Fsp3) is 0.217. The summed E-state index contributed by atoms with van der Waals surface area (Å²) < 4.78 is 1.98. The van der Waals surface area contributed by atoms with E-state index in [4.69, 9.17) is 0 Å². The van der Waals surface area contributed by atoms with Crippen molar-refractivity contribution >= 4 is 35.3 Å². The van der Waals surface area contributed by atoms with Gasteiger partial charge >= 0.3 is 6.03 Å². The van der Waals surface area contributed by atoms with Gasteiger partial charge in [0.05, 0.1) is 11.4 Å². The molecule has 164 valence electrons. The first kappa shape index (κ1) is 21.6. The van der Waals surface area contributed by atoms with Gasteiger partial charge in [-0.05, 0) is 55.7 Å². The van der Waals surface area contributed by atoms with Crippen LogP contribution in [0.15, 0.2) is 60.0 Å². The van der Waals surface area contributed by atoms with E-state index in [1.54, 1.807) is 37.4 Å². The van der Waals surface area contributed by atoms with Crippen molar-refractivity contribution < 1.29 is 14.4 Å². The predicted octanol–water partition coefficient (Wildman–Crippen LogP) is 3.27. The van der Waals surface area contributed by atoms with Gasteiger partial charge in [0.25, 0.3) is 5.91 Å². The quantitative estimate of drug-likeness (QED) is 0.396. The Bertz CT molecular complexity index is 1220. The van der Waals surface area contributed by atoms with E-state index in [2.05, 4.69) is 40.8 Å². The molecule has 1 aromatic heterocycles. The minimum atomic E-state index is -1.18. The Balaban J connectivity index is 1.44. The highest BCUT2D eigenvalue weighted by molar-refractivity contribution is 7.99. The Kier molecular flexibility index (Phi) is 5.75. The molecule has 32 heavy (non-hydrogen) atoms. The molecule has 2 aromatic carbocycles. The molecule has 0 aliphatic carbocycles. The maximum Gasteiger partial charge on any atom is 0.322 e. The number of benzene rings is 2. The molecular weight excluding hydrogens is 426 g/mol. The number of rotatable bonds is 6. The van der Waals surface area contributed by atoms with Crippen molar-refractivity contribution in [1.82, 2.24) is 20.2 Å². The number of imidazole rings is 1. The van der Waals surface area contributed by atoms with Crippen LogP contribution in [0.1, 0.15) is 23.6 Å². The lowest BCUT2D eigenvalue weighted by atomic mass is 9.92. The number of nitrogens with zero attached hydrogens (tertiary/aromatic N) is 2. The van der Waals surface area contributed by atoms with Crippen LogP contribution in [0, 0.1) is 13.8 Å². The number of imide groups is 1. The van der Waals surface area contributed by atoms with Crippen LogP contribution < -0.4 is 16.0 Å². The highest BCUT2D eigenvalue weighted by atomic mass is 32.2. The average Bonchev–Trinajstić information content (AvgIpc) is 3.32. The maximum absolute atomic E-state index is 12.6. The van der Waals surface area contributed by atoms with E-state index in [0.717, 1.165) is 16.4 Å². The summed E-state index contributed by atoms with van der Waals surface area (Å²) in [6.45, 7) is 5.74. The number of anilines is 1. The van der Waals surface area contributed by atoms with Gasteiger partial charge in [0.2, 0.25) is 5.91 Å². The van der Waals surface area contributed by atoms with Crippen LogP contribution in [0.3, 0.4) is 0 Å². The van der Waals surface area contributed by atoms with E-state index in [1.165, 1.54) is 17.3 Å². The van der Waals surface area contributed by atoms with Crippen LogP contribution >= 0.6 is 11.8 Å². The van der Waals surface area contributed by atoms with E-state index in [1.807, 2.05) is 22.9 Å². The van der Waals surface area contributed by atoms with Crippen LogP contribution in [0.5, 0.6) is 0 Å². The second-order valence-corrected chi connectivity index (χ2v) is 8.69. The van der Waals surface area contributed by atoms with Crippen LogP contribution in [0.4, 0.5) is 10.5 Å². The number of thioether (sulfide) groups is 1. The maximum atomic E-state index is 12.6. The summed E-state index contributed by atoms with van der Waals surface area (Å²) in [6.07, 6.45) is 3.60. The second-order valence-electron chi connectivity index (χ2n) is 7.75. The number of nitrogens with one attached hydrogen (secondary N) is 3. The first-order chi connectivity index (χ1) is 15.3. The Labute approximate surface area is 189 Å². The average molecular weight is 450 g/mol. The second kappa shape index (κ2) is 8.51. The van der Waals surface area contributed by atoms with E-state index in [-0.39, 0.29) is 11.7 Å². The number of hydrogen-bond acceptors (Lipinski definition) is 5. The molecular formula is C23H23N5O3S. The lowest BCUT2D eigenvalue weighted by molar-refractivity contribution is -0.123. The van der Waals surface area contributed by atoms with Crippen molar-refractivity contribution in [2.24, 2.45) is 0 Å². The molecule has 3 N–H and O–H groups in total. The standard InChI is InChI=1S/C23H23N5O3S/c1-14-6-4-9-18(15(14)2)28-11-10-24-22(28)32-13-19(29)25-17-8-5-7-16(12-17)23(3)20(30)26-21(31)27-23/h4-12H,13H2,1-3H3,(H,25,29)(H2,26,27,30,31). The number of amides is 4. The Morgan fingerprint density at radius 3 is 2.72 bits per heavy atom. The molecule has 3 aromatic rings.